The fourth-order valence-electron chi connectivity index (χ4n) is 2.17. The van der Waals surface area contributed by atoms with Crippen LogP contribution < -0.4 is 5.32 Å². The van der Waals surface area contributed by atoms with E-state index in [1.54, 1.807) is 0 Å². The minimum atomic E-state index is -0.308. The molecule has 0 saturated heterocycles. The smallest absolute Gasteiger partial charge is 0.210 e. The third kappa shape index (κ3) is 4.53. The summed E-state index contributed by atoms with van der Waals surface area (Å²) in [5.41, 5.74) is 2.54. The molecule has 0 aliphatic carbocycles. The van der Waals surface area contributed by atoms with E-state index in [0.29, 0.717) is 15.0 Å². The van der Waals surface area contributed by atoms with Gasteiger partial charge in [0.2, 0.25) is 5.13 Å². The fourth-order valence-corrected chi connectivity index (χ4v) is 3.84. The third-order valence-corrected chi connectivity index (χ3v) is 5.62. The van der Waals surface area contributed by atoms with Crippen molar-refractivity contribution in [2.45, 2.75) is 17.7 Å². The van der Waals surface area contributed by atoms with Crippen LogP contribution in [0.1, 0.15) is 22.8 Å². The number of aromatic nitrogens is 2. The molecule has 6 nitrogen and oxygen atoms in total. The van der Waals surface area contributed by atoms with E-state index in [0.717, 1.165) is 12.1 Å². The molecule has 0 bridgehead atoms. The molecule has 1 aromatic heterocycles. The van der Waals surface area contributed by atoms with Crippen molar-refractivity contribution in [2.24, 2.45) is 0 Å². The first-order valence-corrected chi connectivity index (χ1v) is 9.73. The summed E-state index contributed by atoms with van der Waals surface area (Å²) in [7, 11) is 0. The number of phenols is 2. The molecule has 3 aromatic rings. The van der Waals surface area contributed by atoms with Crippen LogP contribution in [0.2, 0.25) is 0 Å². The third-order valence-electron chi connectivity index (χ3n) is 3.64. The second kappa shape index (κ2) is 8.20. The van der Waals surface area contributed by atoms with Gasteiger partial charge in [-0.2, -0.15) is 0 Å². The minimum absolute atomic E-state index is 0.162. The Morgan fingerprint density at radius 3 is 2.58 bits per heavy atom. The lowest BCUT2D eigenvalue weighted by molar-refractivity contribution is 0.102. The molecule has 0 unspecified atom stereocenters. The van der Waals surface area contributed by atoms with Crippen LogP contribution in [0, 0.1) is 0 Å². The summed E-state index contributed by atoms with van der Waals surface area (Å²) in [4.78, 5) is 12.2. The molecule has 26 heavy (non-hydrogen) atoms. The molecule has 0 fully saturated rings. The molecule has 0 radical (unpaired) electrons. The Labute approximate surface area is 158 Å². The van der Waals surface area contributed by atoms with Crippen molar-refractivity contribution < 1.29 is 15.0 Å². The van der Waals surface area contributed by atoms with Crippen molar-refractivity contribution >= 4 is 39.7 Å². The number of carbonyl (C=O) groups excluding carboxylic acids is 1. The number of carbonyl (C=O) groups is 1. The normalized spacial score (nSPS) is 10.7. The monoisotopic (exact) mass is 387 g/mol. The van der Waals surface area contributed by atoms with Crippen molar-refractivity contribution in [3.63, 3.8) is 0 Å². The molecule has 3 N–H and O–H groups in total. The number of nitrogens with one attached hydrogen (secondary N) is 1. The van der Waals surface area contributed by atoms with E-state index in [-0.39, 0.29) is 23.0 Å². The first kappa shape index (κ1) is 18.2. The number of aryl methyl sites for hydroxylation is 1. The molecule has 1 heterocycles. The highest BCUT2D eigenvalue weighted by molar-refractivity contribution is 8.01. The van der Waals surface area contributed by atoms with Gasteiger partial charge in [-0.05, 0) is 42.3 Å². The lowest BCUT2D eigenvalue weighted by Crippen LogP contribution is -2.01. The second-order valence-corrected chi connectivity index (χ2v) is 7.66. The fraction of sp³-hybridized carbons (Fsp3) is 0.167. The van der Waals surface area contributed by atoms with E-state index in [4.69, 9.17) is 0 Å². The highest BCUT2D eigenvalue weighted by atomic mass is 32.2. The van der Waals surface area contributed by atoms with Crippen LogP contribution in [0.3, 0.4) is 0 Å². The Morgan fingerprint density at radius 1 is 1.12 bits per heavy atom. The number of Topliss-reactive ketones (excluding diaryl/α,β-unsaturated/α-hetero) is 1. The van der Waals surface area contributed by atoms with E-state index < -0.39 is 0 Å². The van der Waals surface area contributed by atoms with Gasteiger partial charge < -0.3 is 15.5 Å². The minimum Gasteiger partial charge on any atom is -0.504 e. The Bertz CT molecular complexity index is 910. The zero-order chi connectivity index (χ0) is 18.5. The number of rotatable bonds is 7. The van der Waals surface area contributed by atoms with Crippen molar-refractivity contribution in [2.75, 3.05) is 11.1 Å². The number of phenolic OH excluding ortho intramolecular Hbond substituents is 2. The Morgan fingerprint density at radius 2 is 1.88 bits per heavy atom. The van der Waals surface area contributed by atoms with Gasteiger partial charge in [-0.3, -0.25) is 4.79 Å². The van der Waals surface area contributed by atoms with E-state index in [9.17, 15) is 15.0 Å². The summed E-state index contributed by atoms with van der Waals surface area (Å²) in [6.45, 7) is 2.11. The van der Waals surface area contributed by atoms with Crippen LogP contribution in [0.25, 0.3) is 0 Å². The molecule has 134 valence electrons. The van der Waals surface area contributed by atoms with Gasteiger partial charge in [0.15, 0.2) is 21.6 Å². The van der Waals surface area contributed by atoms with E-state index >= 15 is 0 Å². The number of anilines is 2. The SMILES string of the molecule is CCc1ccc(Nc2nnc(SCC(=O)c3ccc(O)c(O)c3)s2)cc1. The van der Waals surface area contributed by atoms with E-state index in [1.165, 1.54) is 46.9 Å². The van der Waals surface area contributed by atoms with Crippen LogP contribution in [0.15, 0.2) is 46.8 Å². The maximum absolute atomic E-state index is 12.2. The highest BCUT2D eigenvalue weighted by Crippen LogP contribution is 2.29. The summed E-state index contributed by atoms with van der Waals surface area (Å²) in [6, 6.07) is 12.1. The number of ketones is 1. The molecule has 0 atom stereocenters. The van der Waals surface area contributed by atoms with Crippen LogP contribution in [-0.4, -0.2) is 31.9 Å². The maximum atomic E-state index is 12.2. The lowest BCUT2D eigenvalue weighted by Gasteiger charge is -2.02. The van der Waals surface area contributed by atoms with Crippen molar-refractivity contribution in [1.82, 2.24) is 10.2 Å². The summed E-state index contributed by atoms with van der Waals surface area (Å²) in [5, 5.41) is 30.8. The summed E-state index contributed by atoms with van der Waals surface area (Å²) in [6.07, 6.45) is 0.993. The zero-order valence-electron chi connectivity index (χ0n) is 14.0. The molecule has 0 spiro atoms. The maximum Gasteiger partial charge on any atom is 0.210 e. The highest BCUT2D eigenvalue weighted by Gasteiger charge is 2.12. The zero-order valence-corrected chi connectivity index (χ0v) is 15.6. The van der Waals surface area contributed by atoms with Gasteiger partial charge in [0.1, 0.15) is 0 Å². The van der Waals surface area contributed by atoms with Gasteiger partial charge >= 0.3 is 0 Å². The van der Waals surface area contributed by atoms with Crippen molar-refractivity contribution in [3.05, 3.63) is 53.6 Å². The molecule has 0 aliphatic heterocycles. The average Bonchev–Trinajstić information content (AvgIpc) is 3.10. The van der Waals surface area contributed by atoms with Gasteiger partial charge in [-0.15, -0.1) is 10.2 Å². The molecule has 0 amide bonds. The van der Waals surface area contributed by atoms with Gasteiger partial charge in [0.25, 0.3) is 0 Å². The van der Waals surface area contributed by atoms with Gasteiger partial charge in [-0.1, -0.05) is 42.2 Å². The number of hydrogen-bond donors (Lipinski definition) is 3. The van der Waals surface area contributed by atoms with Crippen LogP contribution in [0.4, 0.5) is 10.8 Å². The molecule has 8 heteroatoms. The standard InChI is InChI=1S/C18H17N3O3S2/c1-2-11-3-6-13(7-4-11)19-17-20-21-18(26-17)25-10-16(24)12-5-8-14(22)15(23)9-12/h3-9,22-23H,2,10H2,1H3,(H,19,20). The van der Waals surface area contributed by atoms with E-state index in [1.807, 2.05) is 12.1 Å². The van der Waals surface area contributed by atoms with Crippen LogP contribution in [0.5, 0.6) is 11.5 Å². The summed E-state index contributed by atoms with van der Waals surface area (Å²) >= 11 is 2.65. The largest absolute Gasteiger partial charge is 0.504 e. The average molecular weight is 387 g/mol. The summed E-state index contributed by atoms with van der Waals surface area (Å²) in [5.74, 6) is -0.548. The number of aromatic hydroxyl groups is 2. The number of thioether (sulfide) groups is 1. The van der Waals surface area contributed by atoms with E-state index in [2.05, 4.69) is 34.6 Å². The Kier molecular flexibility index (Phi) is 5.75. The summed E-state index contributed by atoms with van der Waals surface area (Å²) < 4.78 is 0.675. The molecule has 0 saturated carbocycles. The predicted octanol–water partition coefficient (Wildman–Crippen LogP) is 4.23. The molecule has 3 rings (SSSR count). The Balaban J connectivity index is 1.57. The van der Waals surface area contributed by atoms with Crippen LogP contribution >= 0.6 is 23.1 Å². The number of nitrogens with zero attached hydrogens (tertiary/aromatic N) is 2. The molecule has 0 aliphatic rings. The first-order valence-electron chi connectivity index (χ1n) is 7.92. The van der Waals surface area contributed by atoms with Gasteiger partial charge in [0, 0.05) is 11.3 Å². The molecular formula is C18H17N3O3S2. The van der Waals surface area contributed by atoms with Crippen molar-refractivity contribution in [3.8, 4) is 11.5 Å². The quantitative estimate of drug-likeness (QED) is 0.317. The second-order valence-electron chi connectivity index (χ2n) is 5.46. The van der Waals surface area contributed by atoms with Gasteiger partial charge in [-0.25, -0.2) is 0 Å². The predicted molar refractivity (Wildman–Crippen MR) is 104 cm³/mol. The lowest BCUT2D eigenvalue weighted by atomic mass is 10.1. The topological polar surface area (TPSA) is 95.3 Å². The first-order chi connectivity index (χ1) is 12.5. The number of hydrogen-bond acceptors (Lipinski definition) is 8. The van der Waals surface area contributed by atoms with Crippen LogP contribution in [-0.2, 0) is 6.42 Å². The molecule has 2 aromatic carbocycles. The van der Waals surface area contributed by atoms with Crippen molar-refractivity contribution in [1.29, 1.82) is 0 Å². The van der Waals surface area contributed by atoms with Gasteiger partial charge in [0.05, 0.1) is 5.75 Å². The molecular weight excluding hydrogens is 370 g/mol. The Hall–Kier alpha value is -2.58. The number of benzene rings is 2.